The van der Waals surface area contributed by atoms with E-state index < -0.39 is 16.2 Å². The molecule has 0 saturated carbocycles. The first-order valence-corrected chi connectivity index (χ1v) is 29.3. The molecule has 7 aliphatic rings. The zero-order chi connectivity index (χ0) is 51.6. The van der Waals surface area contributed by atoms with E-state index in [0.29, 0.717) is 0 Å². The van der Waals surface area contributed by atoms with Crippen LogP contribution < -0.4 is 9.64 Å². The van der Waals surface area contributed by atoms with Gasteiger partial charge in [-0.05, 0) is 163 Å². The van der Waals surface area contributed by atoms with Crippen molar-refractivity contribution in [3.63, 3.8) is 0 Å². The van der Waals surface area contributed by atoms with Crippen molar-refractivity contribution in [1.82, 2.24) is 0 Å². The average Bonchev–Trinajstić information content (AvgIpc) is 3.51. The summed E-state index contributed by atoms with van der Waals surface area (Å²) in [7, 11) is 0. The Bertz CT molecular complexity index is 4440. The highest BCUT2D eigenvalue weighted by atomic mass is 32.2. The lowest BCUT2D eigenvalue weighted by Crippen LogP contribution is -2.33. The van der Waals surface area contributed by atoms with Gasteiger partial charge in [0.15, 0.2) is 0 Å². The number of nitrogens with zero attached hydrogens (tertiary/aromatic N) is 1. The highest BCUT2D eigenvalue weighted by Crippen LogP contribution is 2.68. The second-order valence-corrected chi connectivity index (χ2v) is 24.1. The second-order valence-electron chi connectivity index (χ2n) is 22.0. The molecular weight excluding hydrogens is 995 g/mol. The van der Waals surface area contributed by atoms with Crippen molar-refractivity contribution < 1.29 is 4.74 Å². The Hall–Kier alpha value is -8.80. The lowest BCUT2D eigenvalue weighted by molar-refractivity contribution is 0.436. The monoisotopic (exact) mass is 1040 g/mol. The molecule has 79 heavy (non-hydrogen) atoms. The molecule has 18 rings (SSSR count). The highest BCUT2D eigenvalue weighted by molar-refractivity contribution is 7.99. The lowest BCUT2D eigenvalue weighted by atomic mass is 9.65. The van der Waals surface area contributed by atoms with Crippen molar-refractivity contribution in [3.8, 4) is 33.8 Å². The highest BCUT2D eigenvalue weighted by Gasteiger charge is 2.55. The van der Waals surface area contributed by atoms with Gasteiger partial charge >= 0.3 is 0 Å². The van der Waals surface area contributed by atoms with Crippen molar-refractivity contribution in [2.45, 2.75) is 48.7 Å². The van der Waals surface area contributed by atoms with E-state index in [9.17, 15) is 0 Å². The van der Waals surface area contributed by atoms with Crippen molar-refractivity contribution in [3.05, 3.63) is 333 Å². The van der Waals surface area contributed by atoms with Gasteiger partial charge in [-0.2, -0.15) is 0 Å². The minimum atomic E-state index is -0.586. The van der Waals surface area contributed by atoms with E-state index in [1.807, 2.05) is 23.5 Å². The summed E-state index contributed by atoms with van der Waals surface area (Å²) in [6.45, 7) is 0. The smallest absolute Gasteiger partial charge is 0.132 e. The molecular formula is C75H47NOS2. The summed E-state index contributed by atoms with van der Waals surface area (Å²) in [4.78, 5) is 7.88. The van der Waals surface area contributed by atoms with Gasteiger partial charge in [-0.15, -0.1) is 0 Å². The van der Waals surface area contributed by atoms with E-state index in [0.717, 1.165) is 41.4 Å². The quantitative estimate of drug-likeness (QED) is 0.175. The van der Waals surface area contributed by atoms with Gasteiger partial charge in [-0.25, -0.2) is 0 Å². The number of fused-ring (bicyclic) bond motifs is 26. The van der Waals surface area contributed by atoms with Crippen molar-refractivity contribution in [1.29, 1.82) is 0 Å². The molecule has 3 aliphatic heterocycles. The molecule has 0 amide bonds. The van der Waals surface area contributed by atoms with Crippen molar-refractivity contribution in [2.24, 2.45) is 0 Å². The van der Waals surface area contributed by atoms with Gasteiger partial charge < -0.3 is 9.64 Å². The summed E-state index contributed by atoms with van der Waals surface area (Å²) in [6, 6.07) is 94.5. The Balaban J connectivity index is 0.946. The molecule has 3 heterocycles. The first kappa shape index (κ1) is 44.2. The SMILES string of the molecule is C1=CC2=C(CC1)C1(c3ccccc3Sc3ccccc31)c1cc(N(c3ccc4c(c3)-c3ccccc3C43c4ccccc4Oc4ccccc43)c3cccc4c3-c3ccccc3C43c4ccccc4Sc4ccccc43)ccc12. The molecule has 0 saturated heterocycles. The molecule has 11 aromatic rings. The van der Waals surface area contributed by atoms with Gasteiger partial charge in [0.1, 0.15) is 11.5 Å². The van der Waals surface area contributed by atoms with Crippen LogP contribution >= 0.6 is 23.5 Å². The predicted molar refractivity (Wildman–Crippen MR) is 322 cm³/mol. The summed E-state index contributed by atoms with van der Waals surface area (Å²) < 4.78 is 6.78. The van der Waals surface area contributed by atoms with Crippen molar-refractivity contribution >= 4 is 46.2 Å². The van der Waals surface area contributed by atoms with E-state index in [2.05, 4.69) is 266 Å². The number of hydrogen-bond donors (Lipinski definition) is 0. The van der Waals surface area contributed by atoms with Crippen LogP contribution in [0.4, 0.5) is 17.1 Å². The third kappa shape index (κ3) is 5.51. The fourth-order valence-corrected chi connectivity index (χ4v) is 18.2. The first-order valence-electron chi connectivity index (χ1n) is 27.6. The Morgan fingerprint density at radius 1 is 0.342 bits per heavy atom. The molecule has 3 spiro atoms. The maximum atomic E-state index is 6.78. The number of ether oxygens (including phenoxy) is 1. The zero-order valence-corrected chi connectivity index (χ0v) is 44.5. The molecule has 370 valence electrons. The number of anilines is 3. The van der Waals surface area contributed by atoms with Gasteiger partial charge in [0.2, 0.25) is 0 Å². The molecule has 4 heteroatoms. The van der Waals surface area contributed by atoms with Crippen LogP contribution in [0.15, 0.2) is 286 Å². The molecule has 0 bridgehead atoms. The van der Waals surface area contributed by atoms with Crippen LogP contribution in [0.3, 0.4) is 0 Å². The van der Waals surface area contributed by atoms with Crippen LogP contribution in [0.25, 0.3) is 27.8 Å². The molecule has 11 aromatic carbocycles. The van der Waals surface area contributed by atoms with Crippen LogP contribution in [-0.4, -0.2) is 0 Å². The van der Waals surface area contributed by atoms with Crippen molar-refractivity contribution in [2.75, 3.05) is 4.90 Å². The normalized spacial score (nSPS) is 16.5. The van der Waals surface area contributed by atoms with E-state index in [4.69, 9.17) is 4.74 Å². The number of rotatable bonds is 3. The first-order chi connectivity index (χ1) is 39.2. The summed E-state index contributed by atoms with van der Waals surface area (Å²) in [6.07, 6.45) is 6.84. The predicted octanol–water partition coefficient (Wildman–Crippen LogP) is 19.4. The van der Waals surface area contributed by atoms with E-state index in [1.165, 1.54) is 120 Å². The fourth-order valence-electron chi connectivity index (χ4n) is 15.8. The maximum Gasteiger partial charge on any atom is 0.132 e. The maximum absolute atomic E-state index is 6.78. The van der Waals surface area contributed by atoms with Crippen LogP contribution in [0.5, 0.6) is 11.5 Å². The zero-order valence-electron chi connectivity index (χ0n) is 42.9. The molecule has 0 fully saturated rings. The molecule has 0 N–H and O–H groups in total. The average molecular weight is 1040 g/mol. The topological polar surface area (TPSA) is 12.5 Å². The standard InChI is InChI=1S/C75H47NOS2/c1-4-23-53-48(20-1)50-42-40-47(45-64(50)75(53)61-30-11-17-38-70(61)79-71-39-18-12-31-62(71)75)76(46-41-43-56-52(44-46)49-21-2-5-24-54(49)73(56)57-26-7-13-34-66(57)77-67-35-14-8-27-58(67)73)65-33-19-32-63-72(65)51-22-3-6-25-55(51)74(63)59-28-9-15-36-68(59)78-69-37-16-10-29-60(69)74/h1-3,5-22,24-45H,4,23H2. The molecule has 0 unspecified atom stereocenters. The molecule has 0 radical (unpaired) electrons. The van der Waals surface area contributed by atoms with E-state index in [-0.39, 0.29) is 0 Å². The minimum Gasteiger partial charge on any atom is -0.457 e. The number of benzene rings is 11. The Morgan fingerprint density at radius 2 is 0.810 bits per heavy atom. The number of hydrogen-bond acceptors (Lipinski definition) is 4. The summed E-state index contributed by atoms with van der Waals surface area (Å²) in [5.41, 5.74) is 25.3. The number of allylic oxidation sites excluding steroid dienone is 4. The van der Waals surface area contributed by atoms with Crippen LogP contribution in [-0.2, 0) is 16.2 Å². The van der Waals surface area contributed by atoms with Gasteiger partial charge in [0.05, 0.1) is 21.9 Å². The van der Waals surface area contributed by atoms with Crippen LogP contribution in [0, 0.1) is 0 Å². The third-order valence-electron chi connectivity index (χ3n) is 18.6. The van der Waals surface area contributed by atoms with E-state index >= 15 is 0 Å². The van der Waals surface area contributed by atoms with Gasteiger partial charge in [0.25, 0.3) is 0 Å². The largest absolute Gasteiger partial charge is 0.457 e. The second kappa shape index (κ2) is 16.1. The molecule has 4 aliphatic carbocycles. The fraction of sp³-hybridized carbons (Fsp3) is 0.0667. The Kier molecular flexibility index (Phi) is 9.03. The lowest BCUT2D eigenvalue weighted by Gasteiger charge is -2.42. The molecule has 0 aromatic heterocycles. The number of para-hydroxylation sites is 2. The Labute approximate surface area is 468 Å². The van der Waals surface area contributed by atoms with Gasteiger partial charge in [-0.1, -0.05) is 218 Å². The van der Waals surface area contributed by atoms with Crippen LogP contribution in [0.1, 0.15) is 79.6 Å². The molecule has 0 atom stereocenters. The summed E-state index contributed by atoms with van der Waals surface area (Å²) in [5, 5.41) is 0. The minimum absolute atomic E-state index is 0.467. The van der Waals surface area contributed by atoms with Crippen LogP contribution in [0.2, 0.25) is 0 Å². The van der Waals surface area contributed by atoms with Gasteiger partial charge in [0, 0.05) is 47.6 Å². The van der Waals surface area contributed by atoms with E-state index in [1.54, 1.807) is 0 Å². The van der Waals surface area contributed by atoms with Gasteiger partial charge in [-0.3, -0.25) is 0 Å². The Morgan fingerprint density at radius 3 is 1.44 bits per heavy atom. The molecule has 2 nitrogen and oxygen atoms in total. The summed E-state index contributed by atoms with van der Waals surface area (Å²) >= 11 is 3.81. The summed E-state index contributed by atoms with van der Waals surface area (Å²) in [5.74, 6) is 1.79. The third-order valence-corrected chi connectivity index (χ3v) is 20.9.